The summed E-state index contributed by atoms with van der Waals surface area (Å²) in [6.45, 7) is 1.58. The first-order valence-electron chi connectivity index (χ1n) is 6.60. The van der Waals surface area contributed by atoms with Crippen molar-refractivity contribution < 1.29 is 9.53 Å². The van der Waals surface area contributed by atoms with Crippen molar-refractivity contribution in [2.45, 2.75) is 51.0 Å². The standard InChI is InChI=1S/C13H23NO2/c1-16-13(15)10-14(9-8-11-6-7-11)12-4-2-3-5-12/h11-12H,2-10H2,1H3. The molecule has 2 aliphatic carbocycles. The molecule has 3 heteroatoms. The average Bonchev–Trinajstić information content (AvgIpc) is 2.96. The predicted molar refractivity (Wildman–Crippen MR) is 63.2 cm³/mol. The van der Waals surface area contributed by atoms with Crippen LogP contribution in [0.1, 0.15) is 44.9 Å². The Morgan fingerprint density at radius 2 is 1.94 bits per heavy atom. The van der Waals surface area contributed by atoms with Gasteiger partial charge in [0.05, 0.1) is 13.7 Å². The zero-order chi connectivity index (χ0) is 11.4. The first kappa shape index (κ1) is 11.9. The van der Waals surface area contributed by atoms with Crippen molar-refractivity contribution in [1.82, 2.24) is 4.90 Å². The average molecular weight is 225 g/mol. The van der Waals surface area contributed by atoms with E-state index in [1.807, 2.05) is 0 Å². The van der Waals surface area contributed by atoms with Crippen molar-refractivity contribution in [2.75, 3.05) is 20.2 Å². The van der Waals surface area contributed by atoms with Gasteiger partial charge in [0.2, 0.25) is 0 Å². The minimum absolute atomic E-state index is 0.0808. The van der Waals surface area contributed by atoms with Gasteiger partial charge in [-0.2, -0.15) is 0 Å². The van der Waals surface area contributed by atoms with Crippen LogP contribution in [0.25, 0.3) is 0 Å². The highest BCUT2D eigenvalue weighted by Crippen LogP contribution is 2.33. The van der Waals surface area contributed by atoms with Crippen molar-refractivity contribution in [3.05, 3.63) is 0 Å². The molecule has 0 heterocycles. The molecule has 2 rings (SSSR count). The SMILES string of the molecule is COC(=O)CN(CCC1CC1)C1CCCC1. The summed E-state index contributed by atoms with van der Waals surface area (Å²) in [4.78, 5) is 13.7. The lowest BCUT2D eigenvalue weighted by Gasteiger charge is -2.27. The lowest BCUT2D eigenvalue weighted by atomic mass is 10.2. The maximum absolute atomic E-state index is 11.4. The van der Waals surface area contributed by atoms with Crippen molar-refractivity contribution in [1.29, 1.82) is 0 Å². The van der Waals surface area contributed by atoms with Crippen LogP contribution in [-0.4, -0.2) is 37.1 Å². The molecule has 0 aliphatic heterocycles. The molecular formula is C13H23NO2. The number of rotatable bonds is 6. The topological polar surface area (TPSA) is 29.5 Å². The highest BCUT2D eigenvalue weighted by Gasteiger charge is 2.27. The number of ether oxygens (including phenoxy) is 1. The Morgan fingerprint density at radius 3 is 2.50 bits per heavy atom. The van der Waals surface area contributed by atoms with E-state index in [1.54, 1.807) is 0 Å². The second-order valence-corrected chi connectivity index (χ2v) is 5.22. The number of hydrogen-bond acceptors (Lipinski definition) is 3. The third-order valence-electron chi connectivity index (χ3n) is 3.92. The number of esters is 1. The fraction of sp³-hybridized carbons (Fsp3) is 0.923. The Balaban J connectivity index is 1.80. The molecule has 0 unspecified atom stereocenters. The molecule has 2 saturated carbocycles. The predicted octanol–water partition coefficient (Wildman–Crippen LogP) is 2.20. The van der Waals surface area contributed by atoms with Crippen LogP contribution in [0.15, 0.2) is 0 Å². The van der Waals surface area contributed by atoms with Crippen LogP contribution < -0.4 is 0 Å². The van der Waals surface area contributed by atoms with E-state index in [-0.39, 0.29) is 5.97 Å². The molecule has 0 saturated heterocycles. The molecule has 0 atom stereocenters. The maximum Gasteiger partial charge on any atom is 0.319 e. The number of carbonyl (C=O) groups is 1. The Labute approximate surface area is 98.1 Å². The molecule has 16 heavy (non-hydrogen) atoms. The van der Waals surface area contributed by atoms with Crippen molar-refractivity contribution in [3.8, 4) is 0 Å². The zero-order valence-corrected chi connectivity index (χ0v) is 10.3. The summed E-state index contributed by atoms with van der Waals surface area (Å²) in [5.74, 6) is 0.865. The molecule has 2 fully saturated rings. The number of methoxy groups -OCH3 is 1. The van der Waals surface area contributed by atoms with Gasteiger partial charge in [0.25, 0.3) is 0 Å². The van der Waals surface area contributed by atoms with Crippen molar-refractivity contribution in [3.63, 3.8) is 0 Å². The Morgan fingerprint density at radius 1 is 1.25 bits per heavy atom. The summed E-state index contributed by atoms with van der Waals surface area (Å²) in [7, 11) is 1.48. The van der Waals surface area contributed by atoms with Crippen molar-refractivity contribution >= 4 is 5.97 Å². The summed E-state index contributed by atoms with van der Waals surface area (Å²) in [5, 5.41) is 0. The van der Waals surface area contributed by atoms with Gasteiger partial charge in [0, 0.05) is 6.04 Å². The van der Waals surface area contributed by atoms with Gasteiger partial charge < -0.3 is 4.74 Å². The van der Waals surface area contributed by atoms with Gasteiger partial charge in [-0.3, -0.25) is 9.69 Å². The normalized spacial score (nSPS) is 21.6. The summed E-state index contributed by atoms with van der Waals surface area (Å²) < 4.78 is 4.78. The first-order chi connectivity index (χ1) is 7.79. The number of hydrogen-bond donors (Lipinski definition) is 0. The van der Waals surface area contributed by atoms with Gasteiger partial charge in [-0.1, -0.05) is 25.7 Å². The van der Waals surface area contributed by atoms with E-state index in [0.717, 1.165) is 12.5 Å². The minimum Gasteiger partial charge on any atom is -0.468 e. The molecule has 0 amide bonds. The molecule has 92 valence electrons. The van der Waals surface area contributed by atoms with Crippen LogP contribution in [0.5, 0.6) is 0 Å². The molecule has 0 N–H and O–H groups in total. The highest BCUT2D eigenvalue weighted by atomic mass is 16.5. The summed E-state index contributed by atoms with van der Waals surface area (Å²) in [6.07, 6.45) is 9.25. The minimum atomic E-state index is -0.0808. The van der Waals surface area contributed by atoms with Crippen LogP contribution >= 0.6 is 0 Å². The van der Waals surface area contributed by atoms with Gasteiger partial charge in [0.15, 0.2) is 0 Å². The van der Waals surface area contributed by atoms with Gasteiger partial charge >= 0.3 is 5.97 Å². The van der Waals surface area contributed by atoms with E-state index in [2.05, 4.69) is 4.90 Å². The molecule has 0 bridgehead atoms. The van der Waals surface area contributed by atoms with Crippen molar-refractivity contribution in [2.24, 2.45) is 5.92 Å². The summed E-state index contributed by atoms with van der Waals surface area (Å²) >= 11 is 0. The second kappa shape index (κ2) is 5.67. The van der Waals surface area contributed by atoms with Crippen LogP contribution in [0, 0.1) is 5.92 Å². The highest BCUT2D eigenvalue weighted by molar-refractivity contribution is 5.71. The lowest BCUT2D eigenvalue weighted by Crippen LogP contribution is -2.38. The Bertz CT molecular complexity index is 232. The smallest absolute Gasteiger partial charge is 0.319 e. The van der Waals surface area contributed by atoms with E-state index in [0.29, 0.717) is 12.6 Å². The second-order valence-electron chi connectivity index (χ2n) is 5.22. The van der Waals surface area contributed by atoms with Crippen LogP contribution in [0.3, 0.4) is 0 Å². The lowest BCUT2D eigenvalue weighted by molar-refractivity contribution is -0.142. The third-order valence-corrected chi connectivity index (χ3v) is 3.92. The van der Waals surface area contributed by atoms with E-state index in [1.165, 1.54) is 52.1 Å². The summed E-state index contributed by atoms with van der Waals surface area (Å²) in [5.41, 5.74) is 0. The Hall–Kier alpha value is -0.570. The molecule has 0 aromatic rings. The van der Waals surface area contributed by atoms with Gasteiger partial charge in [0.1, 0.15) is 0 Å². The van der Waals surface area contributed by atoms with E-state index >= 15 is 0 Å². The van der Waals surface area contributed by atoms with Crippen LogP contribution in [-0.2, 0) is 9.53 Å². The molecule has 0 spiro atoms. The fourth-order valence-corrected chi connectivity index (χ4v) is 2.65. The Kier molecular flexibility index (Phi) is 4.22. The summed E-state index contributed by atoms with van der Waals surface area (Å²) in [6, 6.07) is 0.637. The van der Waals surface area contributed by atoms with Crippen LogP contribution in [0.4, 0.5) is 0 Å². The molecule has 3 nitrogen and oxygen atoms in total. The molecule has 0 aromatic heterocycles. The van der Waals surface area contributed by atoms with E-state index in [4.69, 9.17) is 4.74 Å². The molecule has 0 aromatic carbocycles. The largest absolute Gasteiger partial charge is 0.468 e. The van der Waals surface area contributed by atoms with Gasteiger partial charge in [-0.05, 0) is 31.7 Å². The molecule has 2 aliphatic rings. The maximum atomic E-state index is 11.4. The van der Waals surface area contributed by atoms with E-state index < -0.39 is 0 Å². The molecule has 0 radical (unpaired) electrons. The quantitative estimate of drug-likeness (QED) is 0.649. The van der Waals surface area contributed by atoms with Gasteiger partial charge in [-0.25, -0.2) is 0 Å². The zero-order valence-electron chi connectivity index (χ0n) is 10.3. The van der Waals surface area contributed by atoms with E-state index in [9.17, 15) is 4.79 Å². The first-order valence-corrected chi connectivity index (χ1v) is 6.60. The van der Waals surface area contributed by atoms with Gasteiger partial charge in [-0.15, -0.1) is 0 Å². The fourth-order valence-electron chi connectivity index (χ4n) is 2.65. The molecular weight excluding hydrogens is 202 g/mol. The monoisotopic (exact) mass is 225 g/mol. The third kappa shape index (κ3) is 3.48. The number of carbonyl (C=O) groups excluding carboxylic acids is 1. The van der Waals surface area contributed by atoms with Crippen LogP contribution in [0.2, 0.25) is 0 Å². The number of nitrogens with zero attached hydrogens (tertiary/aromatic N) is 1.